The standard InChI is InChI=1S/C18H26N4O/c1-11(2)16-15(14-7-12(3)8-20-18(14)21-16)10-22-6-4-5-13(9-22)17(19)23/h7-8,11,13H,4-6,9-10H2,1-3H3,(H2,19,23)(H,20,21). The van der Waals surface area contributed by atoms with Crippen LogP contribution in [0, 0.1) is 12.8 Å². The Bertz CT molecular complexity index is 719. The summed E-state index contributed by atoms with van der Waals surface area (Å²) < 4.78 is 0. The fourth-order valence-electron chi connectivity index (χ4n) is 3.57. The second-order valence-corrected chi connectivity index (χ2v) is 7.06. The zero-order valence-electron chi connectivity index (χ0n) is 14.2. The molecule has 5 heteroatoms. The van der Waals surface area contributed by atoms with Crippen molar-refractivity contribution in [3.05, 3.63) is 29.1 Å². The molecule has 1 fully saturated rings. The number of nitrogens with one attached hydrogen (secondary N) is 1. The van der Waals surface area contributed by atoms with Crippen LogP contribution < -0.4 is 5.73 Å². The van der Waals surface area contributed by atoms with E-state index in [0.717, 1.165) is 38.1 Å². The summed E-state index contributed by atoms with van der Waals surface area (Å²) in [5.74, 6) is 0.225. The second-order valence-electron chi connectivity index (χ2n) is 7.06. The number of H-pyrrole nitrogens is 1. The van der Waals surface area contributed by atoms with Gasteiger partial charge < -0.3 is 10.7 Å². The lowest BCUT2D eigenvalue weighted by atomic mass is 9.96. The number of aromatic nitrogens is 2. The number of rotatable bonds is 4. The van der Waals surface area contributed by atoms with E-state index >= 15 is 0 Å². The molecule has 1 aliphatic rings. The minimum Gasteiger partial charge on any atom is -0.369 e. The first kappa shape index (κ1) is 16.0. The highest BCUT2D eigenvalue weighted by Gasteiger charge is 2.26. The molecule has 23 heavy (non-hydrogen) atoms. The van der Waals surface area contributed by atoms with E-state index in [1.807, 2.05) is 6.20 Å². The van der Waals surface area contributed by atoms with Gasteiger partial charge in [-0.3, -0.25) is 9.69 Å². The number of amides is 1. The topological polar surface area (TPSA) is 75.0 Å². The number of pyridine rings is 1. The molecule has 0 radical (unpaired) electrons. The summed E-state index contributed by atoms with van der Waals surface area (Å²) >= 11 is 0. The number of nitrogens with two attached hydrogens (primary N) is 1. The van der Waals surface area contributed by atoms with Crippen molar-refractivity contribution in [2.24, 2.45) is 11.7 Å². The van der Waals surface area contributed by atoms with Crippen LogP contribution in [0.3, 0.4) is 0 Å². The molecule has 2 aromatic rings. The number of primary amides is 1. The number of nitrogens with zero attached hydrogens (tertiary/aromatic N) is 2. The Kier molecular flexibility index (Phi) is 4.39. The van der Waals surface area contributed by atoms with Gasteiger partial charge in [-0.05, 0) is 49.4 Å². The fourth-order valence-corrected chi connectivity index (χ4v) is 3.57. The van der Waals surface area contributed by atoms with Crippen molar-refractivity contribution in [2.45, 2.75) is 46.1 Å². The van der Waals surface area contributed by atoms with Gasteiger partial charge >= 0.3 is 0 Å². The molecule has 1 unspecified atom stereocenters. The maximum absolute atomic E-state index is 11.5. The predicted molar refractivity (Wildman–Crippen MR) is 92.1 cm³/mol. The van der Waals surface area contributed by atoms with Crippen molar-refractivity contribution in [1.29, 1.82) is 0 Å². The van der Waals surface area contributed by atoms with Gasteiger partial charge in [-0.15, -0.1) is 0 Å². The molecular formula is C18H26N4O. The summed E-state index contributed by atoms with van der Waals surface area (Å²) in [6, 6.07) is 2.20. The quantitative estimate of drug-likeness (QED) is 0.911. The van der Waals surface area contributed by atoms with Gasteiger partial charge in [-0.2, -0.15) is 0 Å². The van der Waals surface area contributed by atoms with Gasteiger partial charge in [-0.1, -0.05) is 13.8 Å². The molecule has 2 aromatic heterocycles. The molecule has 0 aromatic carbocycles. The van der Waals surface area contributed by atoms with Crippen LogP contribution in [0.1, 0.15) is 49.4 Å². The van der Waals surface area contributed by atoms with E-state index in [4.69, 9.17) is 5.73 Å². The Morgan fingerprint density at radius 3 is 3.00 bits per heavy atom. The van der Waals surface area contributed by atoms with E-state index in [1.165, 1.54) is 22.2 Å². The molecule has 3 rings (SSSR count). The zero-order chi connectivity index (χ0) is 16.6. The first-order valence-electron chi connectivity index (χ1n) is 8.44. The molecule has 1 amide bonds. The molecule has 1 saturated heterocycles. The normalized spacial score (nSPS) is 19.6. The van der Waals surface area contributed by atoms with Crippen LogP contribution >= 0.6 is 0 Å². The second kappa shape index (κ2) is 6.32. The highest BCUT2D eigenvalue weighted by molar-refractivity contribution is 5.82. The zero-order valence-corrected chi connectivity index (χ0v) is 14.2. The van der Waals surface area contributed by atoms with Gasteiger partial charge in [0.1, 0.15) is 5.65 Å². The molecule has 124 valence electrons. The lowest BCUT2D eigenvalue weighted by molar-refractivity contribution is -0.123. The Morgan fingerprint density at radius 2 is 2.30 bits per heavy atom. The maximum atomic E-state index is 11.5. The first-order valence-corrected chi connectivity index (χ1v) is 8.44. The summed E-state index contributed by atoms with van der Waals surface area (Å²) in [6.07, 6.45) is 3.85. The predicted octanol–water partition coefficient (Wildman–Crippen LogP) is 2.69. The molecular weight excluding hydrogens is 288 g/mol. The number of aromatic amines is 1. The third kappa shape index (κ3) is 3.24. The van der Waals surface area contributed by atoms with Gasteiger partial charge in [-0.25, -0.2) is 4.98 Å². The number of likely N-dealkylation sites (tertiary alicyclic amines) is 1. The van der Waals surface area contributed by atoms with Crippen molar-refractivity contribution in [1.82, 2.24) is 14.9 Å². The number of carbonyl (C=O) groups is 1. The van der Waals surface area contributed by atoms with E-state index < -0.39 is 0 Å². The van der Waals surface area contributed by atoms with Crippen LogP contribution in [-0.2, 0) is 11.3 Å². The van der Waals surface area contributed by atoms with Crippen molar-refractivity contribution in [2.75, 3.05) is 13.1 Å². The van der Waals surface area contributed by atoms with Crippen LogP contribution in [0.5, 0.6) is 0 Å². The van der Waals surface area contributed by atoms with Crippen LogP contribution in [0.4, 0.5) is 0 Å². The molecule has 0 saturated carbocycles. The third-order valence-electron chi connectivity index (χ3n) is 4.79. The summed E-state index contributed by atoms with van der Waals surface area (Å²) in [6.45, 7) is 9.10. The van der Waals surface area contributed by atoms with Crippen molar-refractivity contribution < 1.29 is 4.79 Å². The number of hydrogen-bond acceptors (Lipinski definition) is 3. The highest BCUT2D eigenvalue weighted by Crippen LogP contribution is 2.29. The molecule has 1 aliphatic heterocycles. The molecule has 0 bridgehead atoms. The molecule has 0 spiro atoms. The van der Waals surface area contributed by atoms with E-state index in [2.05, 4.69) is 41.7 Å². The van der Waals surface area contributed by atoms with E-state index in [9.17, 15) is 4.79 Å². The van der Waals surface area contributed by atoms with Gasteiger partial charge in [0.2, 0.25) is 5.91 Å². The van der Waals surface area contributed by atoms with Gasteiger partial charge in [0.15, 0.2) is 0 Å². The van der Waals surface area contributed by atoms with Gasteiger partial charge in [0.05, 0.1) is 5.92 Å². The minimum absolute atomic E-state index is 0.0173. The van der Waals surface area contributed by atoms with Gasteiger partial charge in [0.25, 0.3) is 0 Å². The Morgan fingerprint density at radius 1 is 1.52 bits per heavy atom. The average molecular weight is 314 g/mol. The summed E-state index contributed by atoms with van der Waals surface area (Å²) in [4.78, 5) is 21.9. The summed E-state index contributed by atoms with van der Waals surface area (Å²) in [5, 5.41) is 1.20. The van der Waals surface area contributed by atoms with Crippen molar-refractivity contribution >= 4 is 16.9 Å². The molecule has 1 atom stereocenters. The van der Waals surface area contributed by atoms with Crippen LogP contribution in [-0.4, -0.2) is 33.9 Å². The van der Waals surface area contributed by atoms with Crippen LogP contribution in [0.25, 0.3) is 11.0 Å². The Hall–Kier alpha value is -1.88. The number of aryl methyl sites for hydroxylation is 1. The Balaban J connectivity index is 1.93. The van der Waals surface area contributed by atoms with Gasteiger partial charge in [0, 0.05) is 30.4 Å². The molecule has 3 heterocycles. The van der Waals surface area contributed by atoms with E-state index in [1.54, 1.807) is 0 Å². The molecule has 0 aliphatic carbocycles. The molecule has 5 nitrogen and oxygen atoms in total. The smallest absolute Gasteiger partial charge is 0.221 e. The van der Waals surface area contributed by atoms with Crippen LogP contribution in [0.15, 0.2) is 12.3 Å². The number of hydrogen-bond donors (Lipinski definition) is 2. The summed E-state index contributed by atoms with van der Waals surface area (Å²) in [7, 11) is 0. The average Bonchev–Trinajstić information content (AvgIpc) is 2.86. The number of fused-ring (bicyclic) bond motifs is 1. The third-order valence-corrected chi connectivity index (χ3v) is 4.79. The van der Waals surface area contributed by atoms with Crippen molar-refractivity contribution in [3.63, 3.8) is 0 Å². The minimum atomic E-state index is -0.171. The fraction of sp³-hybridized carbons (Fsp3) is 0.556. The first-order chi connectivity index (χ1) is 11.0. The highest BCUT2D eigenvalue weighted by atomic mass is 16.1. The summed E-state index contributed by atoms with van der Waals surface area (Å²) in [5.41, 5.74) is 10.2. The lowest BCUT2D eigenvalue weighted by Gasteiger charge is -2.31. The Labute approximate surface area is 137 Å². The SMILES string of the molecule is Cc1cnc2[nH]c(C(C)C)c(CN3CCCC(C(N)=O)C3)c2c1. The van der Waals surface area contributed by atoms with E-state index in [0.29, 0.717) is 5.92 Å². The molecule has 3 N–H and O–H groups in total. The van der Waals surface area contributed by atoms with Crippen molar-refractivity contribution in [3.8, 4) is 0 Å². The lowest BCUT2D eigenvalue weighted by Crippen LogP contribution is -2.40. The largest absolute Gasteiger partial charge is 0.369 e. The van der Waals surface area contributed by atoms with Crippen LogP contribution in [0.2, 0.25) is 0 Å². The number of piperidine rings is 1. The monoisotopic (exact) mass is 314 g/mol. The van der Waals surface area contributed by atoms with E-state index in [-0.39, 0.29) is 11.8 Å². The number of carbonyl (C=O) groups excluding carboxylic acids is 1. The maximum Gasteiger partial charge on any atom is 0.221 e.